The lowest BCUT2D eigenvalue weighted by Crippen LogP contribution is -2.51. The van der Waals surface area contributed by atoms with Crippen LogP contribution in [0.5, 0.6) is 0 Å². The number of aryl methyl sites for hydroxylation is 1. The van der Waals surface area contributed by atoms with E-state index in [1.165, 1.54) is 11.1 Å². The van der Waals surface area contributed by atoms with E-state index < -0.39 is 6.04 Å². The third-order valence-corrected chi connectivity index (χ3v) is 6.36. The minimum atomic E-state index is -0.568. The number of rotatable bonds is 10. The predicted octanol–water partition coefficient (Wildman–Crippen LogP) is 5.87. The second kappa shape index (κ2) is 12.4. The van der Waals surface area contributed by atoms with Gasteiger partial charge in [-0.3, -0.25) is 9.59 Å². The predicted molar refractivity (Wildman–Crippen MR) is 132 cm³/mol. The van der Waals surface area contributed by atoms with Crippen LogP contribution in [0.2, 0.25) is 10.0 Å². The van der Waals surface area contributed by atoms with Crippen molar-refractivity contribution in [2.45, 2.75) is 58.5 Å². The van der Waals surface area contributed by atoms with Gasteiger partial charge in [0.15, 0.2) is 0 Å². The number of carbonyl (C=O) groups excluding carboxylic acids is 2. The normalized spacial score (nSPS) is 12.0. The number of hydrogen-bond acceptors (Lipinski definition) is 3. The lowest BCUT2D eigenvalue weighted by molar-refractivity contribution is -0.139. The fourth-order valence-corrected chi connectivity index (χ4v) is 4.50. The summed E-state index contributed by atoms with van der Waals surface area (Å²) in [6.07, 6.45) is 0.512. The molecule has 0 heterocycles. The van der Waals surface area contributed by atoms with E-state index >= 15 is 0 Å². The number of hydrogen-bond donors (Lipinski definition) is 1. The van der Waals surface area contributed by atoms with Gasteiger partial charge < -0.3 is 10.2 Å². The van der Waals surface area contributed by atoms with Crippen molar-refractivity contribution in [3.8, 4) is 0 Å². The Morgan fingerprint density at radius 1 is 1.10 bits per heavy atom. The Morgan fingerprint density at radius 3 is 2.35 bits per heavy atom. The van der Waals surface area contributed by atoms with E-state index in [1.54, 1.807) is 34.9 Å². The Hall–Kier alpha value is -1.69. The first kappa shape index (κ1) is 25.6. The van der Waals surface area contributed by atoms with Crippen LogP contribution in [-0.2, 0) is 21.9 Å². The molecular formula is C24H30Cl2N2O2S. The molecule has 2 aromatic rings. The van der Waals surface area contributed by atoms with Crippen LogP contribution in [0, 0.1) is 6.92 Å². The van der Waals surface area contributed by atoms with Gasteiger partial charge in [-0.2, -0.15) is 0 Å². The van der Waals surface area contributed by atoms with Crippen molar-refractivity contribution in [3.63, 3.8) is 0 Å². The molecule has 31 heavy (non-hydrogen) atoms. The molecule has 2 aromatic carbocycles. The molecule has 4 nitrogen and oxygen atoms in total. The fraction of sp³-hybridized carbons (Fsp3) is 0.417. The average molecular weight is 481 g/mol. The van der Waals surface area contributed by atoms with Gasteiger partial charge in [0.1, 0.15) is 6.04 Å². The molecule has 7 heteroatoms. The van der Waals surface area contributed by atoms with Crippen LogP contribution in [0.4, 0.5) is 0 Å². The second-order valence-electron chi connectivity index (χ2n) is 7.82. The molecule has 2 amide bonds. The van der Waals surface area contributed by atoms with Gasteiger partial charge in [-0.1, -0.05) is 66.0 Å². The Kier molecular flexibility index (Phi) is 10.2. The first-order valence-electron chi connectivity index (χ1n) is 10.4. The van der Waals surface area contributed by atoms with Gasteiger partial charge in [0.05, 0.1) is 5.75 Å². The number of nitrogens with zero attached hydrogens (tertiary/aromatic N) is 1. The van der Waals surface area contributed by atoms with Crippen molar-refractivity contribution in [2.75, 3.05) is 5.75 Å². The number of carbonyl (C=O) groups is 2. The van der Waals surface area contributed by atoms with E-state index in [4.69, 9.17) is 23.2 Å². The minimum absolute atomic E-state index is 0.00599. The smallest absolute Gasteiger partial charge is 0.243 e. The maximum absolute atomic E-state index is 13.2. The van der Waals surface area contributed by atoms with Gasteiger partial charge in [-0.15, -0.1) is 11.8 Å². The lowest BCUT2D eigenvalue weighted by Gasteiger charge is -2.31. The highest BCUT2D eigenvalue weighted by molar-refractivity contribution is 7.99. The summed E-state index contributed by atoms with van der Waals surface area (Å²) >= 11 is 13.9. The summed E-state index contributed by atoms with van der Waals surface area (Å²) < 4.78 is 0. The summed E-state index contributed by atoms with van der Waals surface area (Å²) in [4.78, 5) is 27.7. The van der Waals surface area contributed by atoms with Crippen molar-refractivity contribution in [2.24, 2.45) is 0 Å². The molecule has 0 aliphatic heterocycles. The molecule has 0 fully saturated rings. The first-order valence-corrected chi connectivity index (χ1v) is 12.3. The third-order valence-electron chi connectivity index (χ3n) is 4.79. The molecule has 0 aliphatic rings. The molecule has 0 bridgehead atoms. The molecule has 0 radical (unpaired) electrons. The van der Waals surface area contributed by atoms with Gasteiger partial charge in [0, 0.05) is 28.4 Å². The van der Waals surface area contributed by atoms with Crippen LogP contribution >= 0.6 is 35.0 Å². The van der Waals surface area contributed by atoms with E-state index in [9.17, 15) is 9.59 Å². The molecule has 0 spiro atoms. The summed E-state index contributed by atoms with van der Waals surface area (Å²) in [5.74, 6) is 0.773. The molecule has 1 N–H and O–H groups in total. The summed E-state index contributed by atoms with van der Waals surface area (Å²) in [6.45, 7) is 8.03. The molecule has 0 aliphatic carbocycles. The topological polar surface area (TPSA) is 49.4 Å². The minimum Gasteiger partial charge on any atom is -0.352 e. The van der Waals surface area contributed by atoms with Crippen LogP contribution in [0.15, 0.2) is 42.5 Å². The highest BCUT2D eigenvalue weighted by atomic mass is 35.5. The van der Waals surface area contributed by atoms with Gasteiger partial charge in [0.2, 0.25) is 11.8 Å². The molecule has 2 rings (SSSR count). The monoisotopic (exact) mass is 480 g/mol. The summed E-state index contributed by atoms with van der Waals surface area (Å²) in [6, 6.07) is 12.9. The number of halogens is 2. The summed E-state index contributed by atoms with van der Waals surface area (Å²) in [7, 11) is 0. The molecular weight excluding hydrogens is 451 g/mol. The standard InChI is InChI=1S/C24H30Cl2N2O2S/c1-5-22(24(30)27-16(2)3)28(13-19-10-11-20(25)12-21(19)26)23(29)15-31-14-18-8-6-17(4)7-9-18/h6-12,16,22H,5,13-15H2,1-4H3,(H,27,30)/t22-/m0/s1. The van der Waals surface area contributed by atoms with Gasteiger partial charge in [-0.25, -0.2) is 0 Å². The maximum Gasteiger partial charge on any atom is 0.243 e. The van der Waals surface area contributed by atoms with Crippen molar-refractivity contribution in [1.29, 1.82) is 0 Å². The van der Waals surface area contributed by atoms with E-state index in [0.717, 1.165) is 11.3 Å². The van der Waals surface area contributed by atoms with Crippen LogP contribution < -0.4 is 5.32 Å². The number of thioether (sulfide) groups is 1. The van der Waals surface area contributed by atoms with Crippen molar-refractivity contribution >= 4 is 46.8 Å². The van der Waals surface area contributed by atoms with E-state index in [0.29, 0.717) is 16.5 Å². The molecule has 1 atom stereocenters. The Labute approximate surface area is 199 Å². The van der Waals surface area contributed by atoms with Crippen LogP contribution in [0.3, 0.4) is 0 Å². The van der Waals surface area contributed by atoms with Crippen molar-refractivity contribution < 1.29 is 9.59 Å². The summed E-state index contributed by atoms with van der Waals surface area (Å²) in [5.41, 5.74) is 3.14. The largest absolute Gasteiger partial charge is 0.352 e. The summed E-state index contributed by atoms with van der Waals surface area (Å²) in [5, 5.41) is 3.95. The fourth-order valence-electron chi connectivity index (χ4n) is 3.16. The Bertz CT molecular complexity index is 888. The highest BCUT2D eigenvalue weighted by Crippen LogP contribution is 2.24. The van der Waals surface area contributed by atoms with Gasteiger partial charge in [0.25, 0.3) is 0 Å². The van der Waals surface area contributed by atoms with Crippen molar-refractivity contribution in [3.05, 3.63) is 69.2 Å². The van der Waals surface area contributed by atoms with E-state index in [2.05, 4.69) is 29.6 Å². The SMILES string of the molecule is CC[C@@H](C(=O)NC(C)C)N(Cc1ccc(Cl)cc1Cl)C(=O)CSCc1ccc(C)cc1. The van der Waals surface area contributed by atoms with Crippen LogP contribution in [0.25, 0.3) is 0 Å². The molecule has 0 saturated carbocycles. The average Bonchev–Trinajstić information content (AvgIpc) is 2.70. The molecule has 0 unspecified atom stereocenters. The van der Waals surface area contributed by atoms with Gasteiger partial charge >= 0.3 is 0 Å². The lowest BCUT2D eigenvalue weighted by atomic mass is 10.1. The number of benzene rings is 2. The second-order valence-corrected chi connectivity index (χ2v) is 9.65. The molecule has 168 valence electrons. The Balaban J connectivity index is 2.16. The number of amides is 2. The zero-order chi connectivity index (χ0) is 23.0. The van der Waals surface area contributed by atoms with Crippen LogP contribution in [-0.4, -0.2) is 34.6 Å². The zero-order valence-electron chi connectivity index (χ0n) is 18.5. The van der Waals surface area contributed by atoms with E-state index in [1.807, 2.05) is 27.7 Å². The highest BCUT2D eigenvalue weighted by Gasteiger charge is 2.29. The molecule has 0 aromatic heterocycles. The first-order chi connectivity index (χ1) is 14.7. The maximum atomic E-state index is 13.2. The number of nitrogens with one attached hydrogen (secondary N) is 1. The van der Waals surface area contributed by atoms with E-state index in [-0.39, 0.29) is 30.2 Å². The molecule has 0 saturated heterocycles. The quantitative estimate of drug-likeness (QED) is 0.462. The Morgan fingerprint density at radius 2 is 1.77 bits per heavy atom. The van der Waals surface area contributed by atoms with Gasteiger partial charge in [-0.05, 0) is 50.5 Å². The van der Waals surface area contributed by atoms with Crippen molar-refractivity contribution in [1.82, 2.24) is 10.2 Å². The zero-order valence-corrected chi connectivity index (χ0v) is 20.8. The van der Waals surface area contributed by atoms with Crippen LogP contribution in [0.1, 0.15) is 43.9 Å². The third kappa shape index (κ3) is 8.06.